The van der Waals surface area contributed by atoms with Crippen molar-refractivity contribution in [3.05, 3.63) is 17.7 Å². The summed E-state index contributed by atoms with van der Waals surface area (Å²) in [6.07, 6.45) is 5.56. The number of fused-ring (bicyclic) bond motifs is 1. The van der Waals surface area contributed by atoms with Crippen molar-refractivity contribution in [3.63, 3.8) is 0 Å². The Labute approximate surface area is 140 Å². The van der Waals surface area contributed by atoms with Crippen molar-refractivity contribution >= 4 is 5.91 Å². The predicted molar refractivity (Wildman–Crippen MR) is 93.2 cm³/mol. The molecule has 5 nitrogen and oxygen atoms in total. The highest BCUT2D eigenvalue weighted by molar-refractivity contribution is 5.83. The van der Waals surface area contributed by atoms with E-state index < -0.39 is 5.41 Å². The number of nitrogens with two attached hydrogens (primary N) is 1. The lowest BCUT2D eigenvalue weighted by molar-refractivity contribution is -0.132. The van der Waals surface area contributed by atoms with Gasteiger partial charge in [0.1, 0.15) is 5.82 Å². The molecule has 1 aliphatic rings. The Bertz CT molecular complexity index is 544. The van der Waals surface area contributed by atoms with Gasteiger partial charge < -0.3 is 15.6 Å². The second-order valence-corrected chi connectivity index (χ2v) is 7.85. The van der Waals surface area contributed by atoms with Crippen molar-refractivity contribution in [2.75, 3.05) is 6.54 Å². The summed E-state index contributed by atoms with van der Waals surface area (Å²) in [5.41, 5.74) is 6.64. The highest BCUT2D eigenvalue weighted by atomic mass is 16.2. The van der Waals surface area contributed by atoms with Crippen LogP contribution in [0.25, 0.3) is 0 Å². The number of amides is 1. The van der Waals surface area contributed by atoms with Crippen LogP contribution in [0.5, 0.6) is 0 Å². The maximum absolute atomic E-state index is 12.7. The molecular weight excluding hydrogens is 288 g/mol. The van der Waals surface area contributed by atoms with Crippen LogP contribution in [-0.2, 0) is 23.2 Å². The molecule has 1 aromatic heterocycles. The number of hydrogen-bond acceptors (Lipinski definition) is 3. The topological polar surface area (TPSA) is 72.9 Å². The molecule has 0 spiro atoms. The third-order valence-electron chi connectivity index (χ3n) is 5.32. The number of hydrogen-bond donors (Lipinski definition) is 2. The fourth-order valence-electron chi connectivity index (χ4n) is 3.21. The second kappa shape index (κ2) is 6.63. The molecule has 3 N–H and O–H groups in total. The van der Waals surface area contributed by atoms with Gasteiger partial charge in [-0.05, 0) is 19.3 Å². The standard InChI is InChI=1S/C18H32N4O/c1-6-18(7-2,12-19)16(23)20-13-8-9-15-21-14(17(3,4)5)11-22(15)10-13/h11,13H,6-10,12,19H2,1-5H3,(H,20,23). The van der Waals surface area contributed by atoms with Gasteiger partial charge in [-0.15, -0.1) is 0 Å². The van der Waals surface area contributed by atoms with Gasteiger partial charge in [0.2, 0.25) is 5.91 Å². The van der Waals surface area contributed by atoms with Gasteiger partial charge in [-0.2, -0.15) is 0 Å². The summed E-state index contributed by atoms with van der Waals surface area (Å²) in [4.78, 5) is 17.5. The summed E-state index contributed by atoms with van der Waals surface area (Å²) in [6, 6.07) is 0.168. The van der Waals surface area contributed by atoms with E-state index in [4.69, 9.17) is 10.7 Å². The number of nitrogens with one attached hydrogen (secondary N) is 1. The molecule has 1 unspecified atom stereocenters. The van der Waals surface area contributed by atoms with E-state index in [0.29, 0.717) is 6.54 Å². The number of carbonyl (C=O) groups excluding carboxylic acids is 1. The van der Waals surface area contributed by atoms with Crippen LogP contribution in [0.3, 0.4) is 0 Å². The Balaban J connectivity index is 2.08. The summed E-state index contributed by atoms with van der Waals surface area (Å²) in [5, 5.41) is 3.23. The third kappa shape index (κ3) is 3.60. The first kappa shape index (κ1) is 18.0. The summed E-state index contributed by atoms with van der Waals surface area (Å²) < 4.78 is 2.21. The van der Waals surface area contributed by atoms with Crippen molar-refractivity contribution in [1.82, 2.24) is 14.9 Å². The van der Waals surface area contributed by atoms with Gasteiger partial charge in [0.05, 0.1) is 11.1 Å². The molecule has 0 aliphatic carbocycles. The average molecular weight is 320 g/mol. The number of carbonyl (C=O) groups is 1. The van der Waals surface area contributed by atoms with Crippen LogP contribution < -0.4 is 11.1 Å². The van der Waals surface area contributed by atoms with E-state index in [1.807, 2.05) is 13.8 Å². The summed E-state index contributed by atoms with van der Waals surface area (Å²) in [5.74, 6) is 1.24. The molecule has 130 valence electrons. The summed E-state index contributed by atoms with van der Waals surface area (Å²) in [7, 11) is 0. The van der Waals surface area contributed by atoms with Gasteiger partial charge in [0, 0.05) is 37.2 Å². The quantitative estimate of drug-likeness (QED) is 0.875. The normalized spacial score (nSPS) is 18.6. The zero-order chi connectivity index (χ0) is 17.3. The molecule has 0 bridgehead atoms. The maximum Gasteiger partial charge on any atom is 0.227 e. The number of nitrogens with zero attached hydrogens (tertiary/aromatic N) is 2. The molecule has 0 saturated heterocycles. The van der Waals surface area contributed by atoms with Crippen molar-refractivity contribution in [2.24, 2.45) is 11.1 Å². The first-order valence-corrected chi connectivity index (χ1v) is 8.83. The van der Waals surface area contributed by atoms with Gasteiger partial charge in [-0.25, -0.2) is 4.98 Å². The third-order valence-corrected chi connectivity index (χ3v) is 5.32. The fraction of sp³-hybridized carbons (Fsp3) is 0.778. The molecule has 0 saturated carbocycles. The second-order valence-electron chi connectivity index (χ2n) is 7.85. The minimum absolute atomic E-state index is 0.0577. The minimum Gasteiger partial charge on any atom is -0.351 e. The largest absolute Gasteiger partial charge is 0.351 e. The number of aryl methyl sites for hydroxylation is 1. The Hall–Kier alpha value is -1.36. The Morgan fingerprint density at radius 2 is 2.04 bits per heavy atom. The van der Waals surface area contributed by atoms with Gasteiger partial charge in [0.25, 0.3) is 0 Å². The van der Waals surface area contributed by atoms with Crippen molar-refractivity contribution in [2.45, 2.75) is 78.3 Å². The molecule has 1 amide bonds. The van der Waals surface area contributed by atoms with Gasteiger partial charge in [-0.1, -0.05) is 34.6 Å². The van der Waals surface area contributed by atoms with Gasteiger partial charge >= 0.3 is 0 Å². The van der Waals surface area contributed by atoms with Crippen LogP contribution in [0, 0.1) is 5.41 Å². The number of aromatic nitrogens is 2. The summed E-state index contributed by atoms with van der Waals surface area (Å²) >= 11 is 0. The molecule has 5 heteroatoms. The predicted octanol–water partition coefficient (Wildman–Crippen LogP) is 2.38. The number of rotatable bonds is 5. The molecular formula is C18H32N4O. The van der Waals surface area contributed by atoms with E-state index in [2.05, 4.69) is 36.9 Å². The van der Waals surface area contributed by atoms with E-state index in [1.54, 1.807) is 0 Å². The van der Waals surface area contributed by atoms with Crippen LogP contribution >= 0.6 is 0 Å². The molecule has 0 radical (unpaired) electrons. The molecule has 2 rings (SSSR count). The van der Waals surface area contributed by atoms with E-state index in [1.165, 1.54) is 0 Å². The van der Waals surface area contributed by atoms with E-state index >= 15 is 0 Å². The highest BCUT2D eigenvalue weighted by Crippen LogP contribution is 2.27. The average Bonchev–Trinajstić information content (AvgIpc) is 2.93. The van der Waals surface area contributed by atoms with Crippen LogP contribution in [-0.4, -0.2) is 28.0 Å². The first-order valence-electron chi connectivity index (χ1n) is 8.83. The van der Waals surface area contributed by atoms with Crippen molar-refractivity contribution in [3.8, 4) is 0 Å². The zero-order valence-electron chi connectivity index (χ0n) is 15.3. The minimum atomic E-state index is -0.425. The van der Waals surface area contributed by atoms with E-state index in [0.717, 1.165) is 43.7 Å². The molecule has 23 heavy (non-hydrogen) atoms. The van der Waals surface area contributed by atoms with E-state index in [-0.39, 0.29) is 17.4 Å². The van der Waals surface area contributed by atoms with Gasteiger partial charge in [-0.3, -0.25) is 4.79 Å². The SMILES string of the molecule is CCC(CC)(CN)C(=O)NC1CCc2nc(C(C)(C)C)cn2C1. The lowest BCUT2D eigenvalue weighted by Gasteiger charge is -2.32. The Morgan fingerprint density at radius 3 is 2.57 bits per heavy atom. The molecule has 1 aliphatic heterocycles. The molecule has 1 atom stereocenters. The maximum atomic E-state index is 12.7. The summed E-state index contributed by atoms with van der Waals surface area (Å²) in [6.45, 7) is 11.8. The Morgan fingerprint density at radius 1 is 1.39 bits per heavy atom. The van der Waals surface area contributed by atoms with Crippen LogP contribution in [0.2, 0.25) is 0 Å². The van der Waals surface area contributed by atoms with Crippen molar-refractivity contribution < 1.29 is 4.79 Å². The first-order chi connectivity index (χ1) is 10.8. The molecule has 0 aromatic carbocycles. The number of imidazole rings is 1. The zero-order valence-corrected chi connectivity index (χ0v) is 15.3. The monoisotopic (exact) mass is 320 g/mol. The molecule has 1 aromatic rings. The smallest absolute Gasteiger partial charge is 0.227 e. The fourth-order valence-corrected chi connectivity index (χ4v) is 3.21. The van der Waals surface area contributed by atoms with Crippen LogP contribution in [0.15, 0.2) is 6.20 Å². The lowest BCUT2D eigenvalue weighted by Crippen LogP contribution is -2.50. The molecule has 2 heterocycles. The van der Waals surface area contributed by atoms with Crippen LogP contribution in [0.1, 0.15) is 65.4 Å². The Kier molecular flexibility index (Phi) is 5.19. The van der Waals surface area contributed by atoms with E-state index in [9.17, 15) is 4.79 Å². The highest BCUT2D eigenvalue weighted by Gasteiger charge is 2.35. The van der Waals surface area contributed by atoms with Crippen LogP contribution in [0.4, 0.5) is 0 Å². The lowest BCUT2D eigenvalue weighted by atomic mass is 9.81. The molecule has 0 fully saturated rings. The van der Waals surface area contributed by atoms with Crippen molar-refractivity contribution in [1.29, 1.82) is 0 Å². The van der Waals surface area contributed by atoms with Gasteiger partial charge in [0.15, 0.2) is 0 Å².